The minimum atomic E-state index is -0.132. The van der Waals surface area contributed by atoms with Crippen molar-refractivity contribution in [1.29, 1.82) is 0 Å². The molecule has 2 heterocycles. The first kappa shape index (κ1) is 23.2. The zero-order valence-electron chi connectivity index (χ0n) is 19.1. The van der Waals surface area contributed by atoms with Crippen molar-refractivity contribution in [3.05, 3.63) is 84.7 Å². The van der Waals surface area contributed by atoms with Crippen molar-refractivity contribution in [2.24, 2.45) is 7.05 Å². The van der Waals surface area contributed by atoms with Gasteiger partial charge in [0.25, 0.3) is 5.91 Å². The van der Waals surface area contributed by atoms with E-state index >= 15 is 0 Å². The summed E-state index contributed by atoms with van der Waals surface area (Å²) in [6.45, 7) is 1.98. The maximum atomic E-state index is 13.0. The second-order valence-corrected chi connectivity index (χ2v) is 8.70. The van der Waals surface area contributed by atoms with E-state index in [4.69, 9.17) is 0 Å². The van der Waals surface area contributed by atoms with E-state index in [0.29, 0.717) is 11.3 Å². The van der Waals surface area contributed by atoms with Crippen molar-refractivity contribution in [2.75, 3.05) is 18.1 Å². The van der Waals surface area contributed by atoms with Crippen LogP contribution in [0.15, 0.2) is 78.7 Å². The topological polar surface area (TPSA) is 97.9 Å². The van der Waals surface area contributed by atoms with E-state index in [-0.39, 0.29) is 23.6 Å². The smallest absolute Gasteiger partial charge is 0.254 e. The average molecular weight is 476 g/mol. The minimum absolute atomic E-state index is 0.101. The Labute approximate surface area is 201 Å². The Morgan fingerprint density at radius 3 is 2.47 bits per heavy atom. The van der Waals surface area contributed by atoms with Crippen molar-refractivity contribution in [3.63, 3.8) is 0 Å². The average Bonchev–Trinajstić information content (AvgIpc) is 3.54. The number of carbonyl (C=O) groups is 2. The van der Waals surface area contributed by atoms with E-state index in [2.05, 4.69) is 20.4 Å². The lowest BCUT2D eigenvalue weighted by atomic mass is 10.1. The molecule has 0 fully saturated rings. The highest BCUT2D eigenvalue weighted by atomic mass is 32.2. The number of carbonyl (C=O) groups excluding carboxylic acids is 2. The normalized spacial score (nSPS) is 11.7. The van der Waals surface area contributed by atoms with Crippen LogP contribution in [-0.4, -0.2) is 53.8 Å². The summed E-state index contributed by atoms with van der Waals surface area (Å²) >= 11 is 1.37. The molecule has 0 spiro atoms. The predicted octanol–water partition coefficient (Wildman–Crippen LogP) is 3.56. The Bertz CT molecular complexity index is 1250. The highest BCUT2D eigenvalue weighted by molar-refractivity contribution is 7.99. The molecule has 0 aliphatic rings. The van der Waals surface area contributed by atoms with Crippen LogP contribution >= 0.6 is 11.8 Å². The molecule has 1 N–H and O–H groups in total. The molecule has 10 heteroatoms. The van der Waals surface area contributed by atoms with Crippen LogP contribution < -0.4 is 5.32 Å². The maximum Gasteiger partial charge on any atom is 0.254 e. The summed E-state index contributed by atoms with van der Waals surface area (Å²) in [4.78, 5) is 35.1. The number of amides is 2. The molecule has 0 saturated heterocycles. The van der Waals surface area contributed by atoms with Crippen molar-refractivity contribution in [2.45, 2.75) is 18.1 Å². The van der Waals surface area contributed by atoms with Gasteiger partial charge in [0, 0.05) is 37.7 Å². The Kier molecular flexibility index (Phi) is 7.07. The van der Waals surface area contributed by atoms with Gasteiger partial charge < -0.3 is 14.8 Å². The second kappa shape index (κ2) is 10.3. The fraction of sp³-hybridized carbons (Fsp3) is 0.208. The number of hydrogen-bond donors (Lipinski definition) is 1. The van der Waals surface area contributed by atoms with Crippen molar-refractivity contribution >= 4 is 29.3 Å². The molecule has 0 saturated carbocycles. The molecule has 4 rings (SSSR count). The van der Waals surface area contributed by atoms with Crippen LogP contribution in [0.3, 0.4) is 0 Å². The molecule has 2 aromatic carbocycles. The third-order valence-corrected chi connectivity index (χ3v) is 6.54. The fourth-order valence-electron chi connectivity index (χ4n) is 3.36. The molecule has 1 unspecified atom stereocenters. The highest BCUT2D eigenvalue weighted by Crippen LogP contribution is 2.23. The molecule has 34 heavy (non-hydrogen) atoms. The minimum Gasteiger partial charge on any atom is -0.335 e. The van der Waals surface area contributed by atoms with Gasteiger partial charge in [0.15, 0.2) is 5.16 Å². The van der Waals surface area contributed by atoms with Gasteiger partial charge in [0.2, 0.25) is 5.91 Å². The molecule has 174 valence electrons. The lowest BCUT2D eigenvalue weighted by molar-refractivity contribution is -0.113. The molecule has 2 amide bonds. The van der Waals surface area contributed by atoms with Gasteiger partial charge in [-0.25, -0.2) is 14.6 Å². The zero-order chi connectivity index (χ0) is 24.1. The van der Waals surface area contributed by atoms with E-state index in [1.807, 2.05) is 49.0 Å². The number of thioether (sulfide) groups is 1. The largest absolute Gasteiger partial charge is 0.335 e. The van der Waals surface area contributed by atoms with E-state index in [0.717, 1.165) is 16.4 Å². The number of imidazole rings is 1. The first-order chi connectivity index (χ1) is 16.4. The summed E-state index contributed by atoms with van der Waals surface area (Å²) in [6, 6.07) is 14.6. The van der Waals surface area contributed by atoms with Crippen LogP contribution in [0.25, 0.3) is 5.69 Å². The summed E-state index contributed by atoms with van der Waals surface area (Å²) in [7, 11) is 3.66. The van der Waals surface area contributed by atoms with E-state index in [1.54, 1.807) is 53.4 Å². The number of nitrogens with one attached hydrogen (secondary N) is 1. The summed E-state index contributed by atoms with van der Waals surface area (Å²) in [5.74, 6) is 0.0183. The van der Waals surface area contributed by atoms with Crippen LogP contribution in [-0.2, 0) is 11.8 Å². The van der Waals surface area contributed by atoms with E-state index in [1.165, 1.54) is 18.1 Å². The number of aryl methyl sites for hydroxylation is 1. The lowest BCUT2D eigenvalue weighted by Crippen LogP contribution is -2.29. The van der Waals surface area contributed by atoms with Gasteiger partial charge in [0.05, 0.1) is 17.5 Å². The van der Waals surface area contributed by atoms with Crippen molar-refractivity contribution < 1.29 is 9.59 Å². The number of anilines is 1. The molecule has 9 nitrogen and oxygen atoms in total. The third-order valence-electron chi connectivity index (χ3n) is 5.49. The molecule has 2 aromatic heterocycles. The number of hydrogen-bond acceptors (Lipinski definition) is 6. The third kappa shape index (κ3) is 5.34. The lowest BCUT2D eigenvalue weighted by Gasteiger charge is -2.25. The standard InChI is InChI=1S/C24H25N7O2S/c1-17(18-6-10-21(11-7-18)31-16-25-15-27-31)30(3)23(33)19-4-8-20(9-5-19)28-22(32)14-34-24-26-12-13-29(24)2/h4-13,15-17H,14H2,1-3H3,(H,28,32). The molecule has 0 aliphatic carbocycles. The molecule has 1 atom stereocenters. The summed E-state index contributed by atoms with van der Waals surface area (Å²) in [5, 5.41) is 7.75. The van der Waals surface area contributed by atoms with Crippen LogP contribution in [0.2, 0.25) is 0 Å². The van der Waals surface area contributed by atoms with Gasteiger partial charge in [-0.3, -0.25) is 9.59 Å². The van der Waals surface area contributed by atoms with E-state index < -0.39 is 0 Å². The number of nitrogens with zero attached hydrogens (tertiary/aromatic N) is 6. The number of aromatic nitrogens is 5. The van der Waals surface area contributed by atoms with Gasteiger partial charge >= 0.3 is 0 Å². The second-order valence-electron chi connectivity index (χ2n) is 7.76. The van der Waals surface area contributed by atoms with E-state index in [9.17, 15) is 9.59 Å². The van der Waals surface area contributed by atoms with Gasteiger partial charge in [-0.1, -0.05) is 23.9 Å². The predicted molar refractivity (Wildman–Crippen MR) is 131 cm³/mol. The van der Waals surface area contributed by atoms with Crippen LogP contribution in [0.1, 0.15) is 28.9 Å². The molecule has 0 radical (unpaired) electrons. The number of benzene rings is 2. The van der Waals surface area contributed by atoms with Crippen LogP contribution in [0, 0.1) is 0 Å². The molecule has 0 aliphatic heterocycles. The summed E-state index contributed by atoms with van der Waals surface area (Å²) in [6.07, 6.45) is 6.66. The summed E-state index contributed by atoms with van der Waals surface area (Å²) in [5.41, 5.74) is 3.10. The molecular weight excluding hydrogens is 450 g/mol. The Hall–Kier alpha value is -3.92. The fourth-order valence-corrected chi connectivity index (χ4v) is 4.10. The van der Waals surface area contributed by atoms with Crippen LogP contribution in [0.4, 0.5) is 5.69 Å². The first-order valence-corrected chi connectivity index (χ1v) is 11.6. The summed E-state index contributed by atoms with van der Waals surface area (Å²) < 4.78 is 3.54. The monoisotopic (exact) mass is 475 g/mol. The Morgan fingerprint density at radius 2 is 1.85 bits per heavy atom. The van der Waals surface area contributed by atoms with Crippen LogP contribution in [0.5, 0.6) is 0 Å². The Morgan fingerprint density at radius 1 is 1.12 bits per heavy atom. The zero-order valence-corrected chi connectivity index (χ0v) is 19.9. The molecule has 4 aromatic rings. The van der Waals surface area contributed by atoms with Gasteiger partial charge in [-0.2, -0.15) is 5.10 Å². The van der Waals surface area contributed by atoms with Crippen molar-refractivity contribution in [1.82, 2.24) is 29.2 Å². The van der Waals surface area contributed by atoms with Crippen molar-refractivity contribution in [3.8, 4) is 5.69 Å². The SMILES string of the molecule is CC(c1ccc(-n2cncn2)cc1)N(C)C(=O)c1ccc(NC(=O)CSc2nccn2C)cc1. The maximum absolute atomic E-state index is 13.0. The first-order valence-electron chi connectivity index (χ1n) is 10.6. The van der Waals surface area contributed by atoms with Gasteiger partial charge in [0.1, 0.15) is 12.7 Å². The molecular formula is C24H25N7O2S. The molecule has 0 bridgehead atoms. The highest BCUT2D eigenvalue weighted by Gasteiger charge is 2.19. The van der Waals surface area contributed by atoms with Gasteiger partial charge in [-0.15, -0.1) is 0 Å². The quantitative estimate of drug-likeness (QED) is 0.391. The van der Waals surface area contributed by atoms with Gasteiger partial charge in [-0.05, 0) is 48.9 Å². The Balaban J connectivity index is 1.34. The number of rotatable bonds is 8.